The summed E-state index contributed by atoms with van der Waals surface area (Å²) in [5.41, 5.74) is 2.06. The van der Waals surface area contributed by atoms with Crippen molar-refractivity contribution in [3.8, 4) is 11.5 Å². The average Bonchev–Trinajstić information content (AvgIpc) is 3.19. The molecule has 8 heteroatoms. The number of benzene rings is 1. The van der Waals surface area contributed by atoms with E-state index in [1.807, 2.05) is 39.1 Å². The number of hydrogen-bond acceptors (Lipinski definition) is 6. The Kier molecular flexibility index (Phi) is 9.21. The summed E-state index contributed by atoms with van der Waals surface area (Å²) < 4.78 is 16.4. The Morgan fingerprint density at radius 3 is 2.72 bits per heavy atom. The fraction of sp³-hybridized carbons (Fsp3) is 0.524. The monoisotopic (exact) mass is 420 g/mol. The molecule has 0 aliphatic heterocycles. The van der Waals surface area contributed by atoms with E-state index >= 15 is 0 Å². The van der Waals surface area contributed by atoms with Crippen LogP contribution in [-0.4, -0.2) is 50.3 Å². The topological polar surface area (TPSA) is 68.2 Å². The minimum absolute atomic E-state index is 0.00982. The van der Waals surface area contributed by atoms with Crippen molar-refractivity contribution in [1.82, 2.24) is 15.2 Å². The number of hydrogen-bond donors (Lipinski definition) is 1. The molecule has 0 amide bonds. The number of nitrogens with zero attached hydrogens (tertiary/aromatic N) is 3. The Morgan fingerprint density at radius 2 is 2.07 bits per heavy atom. The number of aromatic nitrogens is 1. The minimum atomic E-state index is 0.00982. The van der Waals surface area contributed by atoms with Crippen LogP contribution in [0.4, 0.5) is 0 Å². The normalized spacial score (nSPS) is 12.6. The van der Waals surface area contributed by atoms with Crippen LogP contribution in [-0.2, 0) is 17.8 Å². The molecule has 2 rings (SSSR count). The molecule has 1 heterocycles. The van der Waals surface area contributed by atoms with Crippen LogP contribution in [0, 0.1) is 0 Å². The van der Waals surface area contributed by atoms with Gasteiger partial charge in [0.2, 0.25) is 0 Å². The third kappa shape index (κ3) is 6.61. The van der Waals surface area contributed by atoms with Crippen LogP contribution in [0.1, 0.15) is 43.1 Å². The van der Waals surface area contributed by atoms with Crippen molar-refractivity contribution in [2.75, 3.05) is 34.4 Å². The standard InChI is InChI=1S/C21H32N4O3S/c1-7-22-21(25(4)13-17-14-29-20(24-17)15(3)26-5)23-12-16-9-10-18(28-8-2)19(11-16)27-6/h9-11,14-15H,7-8,12-13H2,1-6H3,(H,22,23). The maximum absolute atomic E-state index is 5.58. The van der Waals surface area contributed by atoms with E-state index in [1.54, 1.807) is 25.6 Å². The summed E-state index contributed by atoms with van der Waals surface area (Å²) in [6.45, 7) is 8.62. The van der Waals surface area contributed by atoms with E-state index in [1.165, 1.54) is 0 Å². The summed E-state index contributed by atoms with van der Waals surface area (Å²) in [5.74, 6) is 2.30. The summed E-state index contributed by atoms with van der Waals surface area (Å²) in [6.07, 6.45) is 0.00982. The average molecular weight is 421 g/mol. The maximum atomic E-state index is 5.58. The van der Waals surface area contributed by atoms with Gasteiger partial charge in [-0.1, -0.05) is 6.07 Å². The Balaban J connectivity index is 2.09. The largest absolute Gasteiger partial charge is 0.493 e. The predicted octanol–water partition coefficient (Wildman–Crippen LogP) is 3.86. The summed E-state index contributed by atoms with van der Waals surface area (Å²) in [4.78, 5) is 11.5. The Morgan fingerprint density at radius 1 is 1.28 bits per heavy atom. The molecule has 1 aromatic carbocycles. The zero-order valence-electron chi connectivity index (χ0n) is 18.2. The molecule has 1 N–H and O–H groups in total. The molecule has 0 saturated heterocycles. The van der Waals surface area contributed by atoms with Crippen LogP contribution >= 0.6 is 11.3 Å². The van der Waals surface area contributed by atoms with Crippen LogP contribution in [0.25, 0.3) is 0 Å². The summed E-state index contributed by atoms with van der Waals surface area (Å²) >= 11 is 1.62. The fourth-order valence-corrected chi connectivity index (χ4v) is 3.56. The number of aliphatic imine (C=N–C) groups is 1. The Labute approximate surface area is 177 Å². The second-order valence-corrected chi connectivity index (χ2v) is 7.39. The zero-order valence-corrected chi connectivity index (χ0v) is 19.0. The van der Waals surface area contributed by atoms with Gasteiger partial charge in [-0.3, -0.25) is 0 Å². The molecule has 0 radical (unpaired) electrons. The van der Waals surface area contributed by atoms with Crippen molar-refractivity contribution in [2.24, 2.45) is 4.99 Å². The van der Waals surface area contributed by atoms with Gasteiger partial charge in [-0.2, -0.15) is 0 Å². The number of rotatable bonds is 10. The molecule has 0 bridgehead atoms. The van der Waals surface area contributed by atoms with Gasteiger partial charge < -0.3 is 24.4 Å². The number of guanidine groups is 1. The van der Waals surface area contributed by atoms with Crippen LogP contribution in [0.2, 0.25) is 0 Å². The molecule has 0 aliphatic carbocycles. The first-order chi connectivity index (χ1) is 14.0. The molecule has 0 fully saturated rings. The molecule has 1 aromatic heterocycles. The molecular formula is C21H32N4O3S. The van der Waals surface area contributed by atoms with Gasteiger partial charge in [0.25, 0.3) is 0 Å². The molecule has 2 aromatic rings. The highest BCUT2D eigenvalue weighted by Gasteiger charge is 2.13. The van der Waals surface area contributed by atoms with E-state index in [-0.39, 0.29) is 6.10 Å². The first-order valence-electron chi connectivity index (χ1n) is 9.78. The third-order valence-electron chi connectivity index (χ3n) is 4.31. The van der Waals surface area contributed by atoms with Gasteiger partial charge >= 0.3 is 0 Å². The van der Waals surface area contributed by atoms with Crippen molar-refractivity contribution < 1.29 is 14.2 Å². The lowest BCUT2D eigenvalue weighted by molar-refractivity contribution is 0.119. The fourth-order valence-electron chi connectivity index (χ4n) is 2.72. The van der Waals surface area contributed by atoms with Crippen molar-refractivity contribution in [2.45, 2.75) is 40.0 Å². The van der Waals surface area contributed by atoms with Gasteiger partial charge in [0, 0.05) is 26.1 Å². The molecule has 0 saturated carbocycles. The molecule has 160 valence electrons. The zero-order chi connectivity index (χ0) is 21.2. The van der Waals surface area contributed by atoms with Crippen molar-refractivity contribution >= 4 is 17.3 Å². The lowest BCUT2D eigenvalue weighted by atomic mass is 10.2. The quantitative estimate of drug-likeness (QED) is 0.465. The minimum Gasteiger partial charge on any atom is -0.493 e. The van der Waals surface area contributed by atoms with E-state index in [0.717, 1.165) is 40.3 Å². The molecular weight excluding hydrogens is 388 g/mol. The lowest BCUT2D eigenvalue weighted by Gasteiger charge is -2.21. The second kappa shape index (κ2) is 11.6. The van der Waals surface area contributed by atoms with Gasteiger partial charge in [0.15, 0.2) is 17.5 Å². The highest BCUT2D eigenvalue weighted by Crippen LogP contribution is 2.28. The maximum Gasteiger partial charge on any atom is 0.194 e. The molecule has 0 aliphatic rings. The van der Waals surface area contributed by atoms with Crippen LogP contribution in [0.5, 0.6) is 11.5 Å². The Hall–Kier alpha value is -2.32. The SMILES string of the molecule is CCNC(=NCc1ccc(OCC)c(OC)c1)N(C)Cc1csc(C(C)OC)n1. The van der Waals surface area contributed by atoms with Crippen LogP contribution < -0.4 is 14.8 Å². The number of nitrogens with one attached hydrogen (secondary N) is 1. The summed E-state index contributed by atoms with van der Waals surface area (Å²) in [6, 6.07) is 5.91. The van der Waals surface area contributed by atoms with Gasteiger partial charge in [0.1, 0.15) is 11.1 Å². The Bertz CT molecular complexity index is 794. The number of thiazole rings is 1. The highest BCUT2D eigenvalue weighted by molar-refractivity contribution is 7.09. The summed E-state index contributed by atoms with van der Waals surface area (Å²) in [7, 11) is 5.36. The van der Waals surface area contributed by atoms with E-state index in [0.29, 0.717) is 19.7 Å². The third-order valence-corrected chi connectivity index (χ3v) is 5.36. The van der Waals surface area contributed by atoms with E-state index in [4.69, 9.17) is 19.2 Å². The van der Waals surface area contributed by atoms with Gasteiger partial charge in [-0.05, 0) is 38.5 Å². The van der Waals surface area contributed by atoms with Crippen LogP contribution in [0.15, 0.2) is 28.6 Å². The van der Waals surface area contributed by atoms with E-state index in [9.17, 15) is 0 Å². The lowest BCUT2D eigenvalue weighted by Crippen LogP contribution is -2.38. The number of ether oxygens (including phenoxy) is 3. The summed E-state index contributed by atoms with van der Waals surface area (Å²) in [5, 5.41) is 6.40. The van der Waals surface area contributed by atoms with Gasteiger partial charge in [-0.25, -0.2) is 9.98 Å². The van der Waals surface area contributed by atoms with Crippen LogP contribution in [0.3, 0.4) is 0 Å². The molecule has 29 heavy (non-hydrogen) atoms. The number of methoxy groups -OCH3 is 2. The smallest absolute Gasteiger partial charge is 0.194 e. The molecule has 7 nitrogen and oxygen atoms in total. The first kappa shape index (κ1) is 23.0. The van der Waals surface area contributed by atoms with E-state index < -0.39 is 0 Å². The molecule has 0 spiro atoms. The van der Waals surface area contributed by atoms with Crippen molar-refractivity contribution in [3.05, 3.63) is 39.8 Å². The van der Waals surface area contributed by atoms with Crippen molar-refractivity contribution in [1.29, 1.82) is 0 Å². The molecule has 1 atom stereocenters. The second-order valence-electron chi connectivity index (χ2n) is 6.50. The van der Waals surface area contributed by atoms with E-state index in [2.05, 4.69) is 27.5 Å². The highest BCUT2D eigenvalue weighted by atomic mass is 32.1. The predicted molar refractivity (Wildman–Crippen MR) is 118 cm³/mol. The van der Waals surface area contributed by atoms with Gasteiger partial charge in [0.05, 0.1) is 32.5 Å². The first-order valence-corrected chi connectivity index (χ1v) is 10.7. The van der Waals surface area contributed by atoms with Gasteiger partial charge in [-0.15, -0.1) is 11.3 Å². The molecule has 1 unspecified atom stereocenters. The van der Waals surface area contributed by atoms with Crippen molar-refractivity contribution in [3.63, 3.8) is 0 Å².